The number of aryl methyl sites for hydroxylation is 1. The Balaban J connectivity index is 1.88. The summed E-state index contributed by atoms with van der Waals surface area (Å²) in [5.41, 5.74) is 2.42. The molecule has 2 N–H and O–H groups in total. The van der Waals surface area contributed by atoms with Crippen LogP contribution < -0.4 is 10.6 Å². The zero-order valence-corrected chi connectivity index (χ0v) is 12.6. The monoisotopic (exact) mass is 274 g/mol. The number of hydrogen-bond acceptors (Lipinski definition) is 1. The molecule has 1 atom stereocenters. The molecule has 3 heteroatoms. The Bertz CT molecular complexity index is 421. The average Bonchev–Trinajstić information content (AvgIpc) is 2.47. The van der Waals surface area contributed by atoms with Crippen LogP contribution in [0.4, 0.5) is 4.79 Å². The van der Waals surface area contributed by atoms with Gasteiger partial charge in [-0.05, 0) is 31.7 Å². The van der Waals surface area contributed by atoms with Gasteiger partial charge in [0.15, 0.2) is 0 Å². The van der Waals surface area contributed by atoms with E-state index in [1.54, 1.807) is 0 Å². The fourth-order valence-corrected chi connectivity index (χ4v) is 2.85. The molecule has 2 rings (SSSR count). The molecule has 1 aromatic carbocycles. The minimum Gasteiger partial charge on any atom is -0.335 e. The summed E-state index contributed by atoms with van der Waals surface area (Å²) in [5.74, 6) is 0. The minimum atomic E-state index is -0.0238. The lowest BCUT2D eigenvalue weighted by atomic mass is 9.96. The standard InChI is InChI=1S/C17H26N2O/c1-3-16(14-11-9-13(2)10-12-14)19-17(20)18-15-7-5-4-6-8-15/h9-12,15-16H,3-8H2,1-2H3,(H2,18,19,20). The maximum Gasteiger partial charge on any atom is 0.315 e. The van der Waals surface area contributed by atoms with Gasteiger partial charge in [-0.15, -0.1) is 0 Å². The SMILES string of the molecule is CCC(NC(=O)NC1CCCCC1)c1ccc(C)cc1. The fraction of sp³-hybridized carbons (Fsp3) is 0.588. The maximum absolute atomic E-state index is 12.1. The van der Waals surface area contributed by atoms with E-state index in [1.807, 2.05) is 0 Å². The van der Waals surface area contributed by atoms with Crippen molar-refractivity contribution in [2.75, 3.05) is 0 Å². The van der Waals surface area contributed by atoms with Gasteiger partial charge in [-0.2, -0.15) is 0 Å². The number of hydrogen-bond donors (Lipinski definition) is 2. The van der Waals surface area contributed by atoms with E-state index in [-0.39, 0.29) is 12.1 Å². The minimum absolute atomic E-state index is 0.0238. The molecule has 1 unspecified atom stereocenters. The molecular weight excluding hydrogens is 248 g/mol. The Labute approximate surface area is 122 Å². The maximum atomic E-state index is 12.1. The largest absolute Gasteiger partial charge is 0.335 e. The molecule has 0 radical (unpaired) electrons. The molecule has 3 nitrogen and oxygen atoms in total. The zero-order valence-electron chi connectivity index (χ0n) is 12.6. The molecule has 0 aliphatic heterocycles. The smallest absolute Gasteiger partial charge is 0.315 e. The van der Waals surface area contributed by atoms with E-state index in [2.05, 4.69) is 48.7 Å². The van der Waals surface area contributed by atoms with Gasteiger partial charge in [0.1, 0.15) is 0 Å². The van der Waals surface area contributed by atoms with Gasteiger partial charge in [0, 0.05) is 6.04 Å². The molecule has 1 aromatic rings. The molecule has 1 fully saturated rings. The van der Waals surface area contributed by atoms with Crippen molar-refractivity contribution in [2.24, 2.45) is 0 Å². The van der Waals surface area contributed by atoms with Crippen molar-refractivity contribution in [3.63, 3.8) is 0 Å². The molecule has 1 saturated carbocycles. The van der Waals surface area contributed by atoms with Gasteiger partial charge in [0.05, 0.1) is 6.04 Å². The van der Waals surface area contributed by atoms with E-state index >= 15 is 0 Å². The number of rotatable bonds is 4. The lowest BCUT2D eigenvalue weighted by Gasteiger charge is -2.25. The van der Waals surface area contributed by atoms with Crippen molar-refractivity contribution in [3.05, 3.63) is 35.4 Å². The van der Waals surface area contributed by atoms with Crippen LogP contribution in [-0.2, 0) is 0 Å². The Kier molecular flexibility index (Phi) is 5.45. The molecule has 0 saturated heterocycles. The highest BCUT2D eigenvalue weighted by Crippen LogP contribution is 2.19. The van der Waals surface area contributed by atoms with Crippen molar-refractivity contribution in [1.82, 2.24) is 10.6 Å². The van der Waals surface area contributed by atoms with Crippen molar-refractivity contribution >= 4 is 6.03 Å². The predicted molar refractivity (Wildman–Crippen MR) is 82.8 cm³/mol. The van der Waals surface area contributed by atoms with Gasteiger partial charge >= 0.3 is 6.03 Å². The third kappa shape index (κ3) is 4.26. The normalized spacial score (nSPS) is 17.5. The van der Waals surface area contributed by atoms with E-state index in [0.717, 1.165) is 19.3 Å². The van der Waals surface area contributed by atoms with Crippen LogP contribution in [0.3, 0.4) is 0 Å². The zero-order chi connectivity index (χ0) is 14.4. The highest BCUT2D eigenvalue weighted by molar-refractivity contribution is 5.74. The van der Waals surface area contributed by atoms with Crippen molar-refractivity contribution in [1.29, 1.82) is 0 Å². The number of benzene rings is 1. The summed E-state index contributed by atoms with van der Waals surface area (Å²) in [7, 11) is 0. The van der Waals surface area contributed by atoms with Gasteiger partial charge in [0.25, 0.3) is 0 Å². The number of nitrogens with one attached hydrogen (secondary N) is 2. The van der Waals surface area contributed by atoms with Crippen LogP contribution in [0, 0.1) is 6.92 Å². The molecular formula is C17H26N2O. The van der Waals surface area contributed by atoms with Crippen LogP contribution in [0.2, 0.25) is 0 Å². The second-order valence-corrected chi connectivity index (χ2v) is 5.82. The molecule has 0 aromatic heterocycles. The summed E-state index contributed by atoms with van der Waals surface area (Å²) < 4.78 is 0. The third-order valence-electron chi connectivity index (χ3n) is 4.13. The van der Waals surface area contributed by atoms with Gasteiger partial charge in [-0.3, -0.25) is 0 Å². The topological polar surface area (TPSA) is 41.1 Å². The highest BCUT2D eigenvalue weighted by Gasteiger charge is 2.18. The second kappa shape index (κ2) is 7.32. The van der Waals surface area contributed by atoms with Crippen LogP contribution in [0.5, 0.6) is 0 Å². The first-order valence-corrected chi connectivity index (χ1v) is 7.82. The van der Waals surface area contributed by atoms with E-state index in [4.69, 9.17) is 0 Å². The fourth-order valence-electron chi connectivity index (χ4n) is 2.85. The summed E-state index contributed by atoms with van der Waals surface area (Å²) >= 11 is 0. The number of urea groups is 1. The van der Waals surface area contributed by atoms with Gasteiger partial charge < -0.3 is 10.6 Å². The summed E-state index contributed by atoms with van der Waals surface area (Å²) in [6.45, 7) is 4.18. The highest BCUT2D eigenvalue weighted by atomic mass is 16.2. The van der Waals surface area contributed by atoms with Crippen molar-refractivity contribution in [3.8, 4) is 0 Å². The van der Waals surface area contributed by atoms with E-state index in [9.17, 15) is 4.79 Å². The number of carbonyl (C=O) groups excluding carboxylic acids is 1. The van der Waals surface area contributed by atoms with Gasteiger partial charge in [-0.1, -0.05) is 56.0 Å². The third-order valence-corrected chi connectivity index (χ3v) is 4.13. The number of carbonyl (C=O) groups is 1. The molecule has 0 heterocycles. The lowest BCUT2D eigenvalue weighted by Crippen LogP contribution is -2.44. The van der Waals surface area contributed by atoms with Crippen molar-refractivity contribution < 1.29 is 4.79 Å². The predicted octanol–water partition coefficient (Wildman–Crippen LogP) is 4.08. The van der Waals surface area contributed by atoms with Crippen molar-refractivity contribution in [2.45, 2.75) is 64.5 Å². The first-order chi connectivity index (χ1) is 9.69. The summed E-state index contributed by atoms with van der Waals surface area (Å²) in [5, 5.41) is 6.21. The van der Waals surface area contributed by atoms with Gasteiger partial charge in [-0.25, -0.2) is 4.79 Å². The summed E-state index contributed by atoms with van der Waals surface area (Å²) in [6, 6.07) is 8.83. The first-order valence-electron chi connectivity index (χ1n) is 7.82. The molecule has 0 spiro atoms. The van der Waals surface area contributed by atoms with Crippen LogP contribution in [0.15, 0.2) is 24.3 Å². The van der Waals surface area contributed by atoms with Gasteiger partial charge in [0.2, 0.25) is 0 Å². The first kappa shape index (κ1) is 14.9. The summed E-state index contributed by atoms with van der Waals surface area (Å²) in [4.78, 5) is 12.1. The Morgan fingerprint density at radius 1 is 1.20 bits per heavy atom. The van der Waals surface area contributed by atoms with Crippen LogP contribution in [-0.4, -0.2) is 12.1 Å². The van der Waals surface area contributed by atoms with Crippen LogP contribution in [0.25, 0.3) is 0 Å². The summed E-state index contributed by atoms with van der Waals surface area (Å²) in [6.07, 6.45) is 6.92. The van der Waals surface area contributed by atoms with E-state index in [1.165, 1.54) is 30.4 Å². The molecule has 0 bridgehead atoms. The Hall–Kier alpha value is -1.51. The molecule has 1 aliphatic carbocycles. The average molecular weight is 274 g/mol. The molecule has 2 amide bonds. The quantitative estimate of drug-likeness (QED) is 0.853. The Morgan fingerprint density at radius 2 is 1.85 bits per heavy atom. The molecule has 20 heavy (non-hydrogen) atoms. The second-order valence-electron chi connectivity index (χ2n) is 5.82. The van der Waals surface area contributed by atoms with Crippen LogP contribution >= 0.6 is 0 Å². The molecule has 1 aliphatic rings. The van der Waals surface area contributed by atoms with Crippen LogP contribution in [0.1, 0.15) is 62.6 Å². The molecule has 110 valence electrons. The van der Waals surface area contributed by atoms with E-state index < -0.39 is 0 Å². The lowest BCUT2D eigenvalue weighted by molar-refractivity contribution is 0.228. The van der Waals surface area contributed by atoms with E-state index in [0.29, 0.717) is 6.04 Å². The number of amides is 2. The Morgan fingerprint density at radius 3 is 2.45 bits per heavy atom.